The van der Waals surface area contributed by atoms with E-state index in [0.717, 1.165) is 42.9 Å². The van der Waals surface area contributed by atoms with Crippen molar-refractivity contribution in [1.29, 1.82) is 0 Å². The Hall–Kier alpha value is -1.86. The summed E-state index contributed by atoms with van der Waals surface area (Å²) in [7, 11) is 0. The largest absolute Gasteiger partial charge is 0.489 e. The number of benzene rings is 1. The Kier molecular flexibility index (Phi) is 6.53. The Morgan fingerprint density at radius 1 is 1.12 bits per heavy atom. The molecule has 186 valence electrons. The van der Waals surface area contributed by atoms with E-state index >= 15 is 0 Å². The van der Waals surface area contributed by atoms with Gasteiger partial charge in [0, 0.05) is 62.1 Å². The van der Waals surface area contributed by atoms with Gasteiger partial charge in [-0.3, -0.25) is 4.79 Å². The maximum absolute atomic E-state index is 13.6. The lowest BCUT2D eigenvalue weighted by atomic mass is 9.90. The maximum atomic E-state index is 13.6. The Bertz CT molecular complexity index is 1050. The fourth-order valence-electron chi connectivity index (χ4n) is 5.41. The van der Waals surface area contributed by atoms with Crippen molar-refractivity contribution in [2.75, 3.05) is 26.2 Å². The quantitative estimate of drug-likeness (QED) is 0.477. The number of halogens is 3. The van der Waals surface area contributed by atoms with Gasteiger partial charge in [-0.15, -0.1) is 0 Å². The lowest BCUT2D eigenvalue weighted by Crippen LogP contribution is -2.46. The molecule has 1 amide bonds. The van der Waals surface area contributed by atoms with Crippen LogP contribution in [0.15, 0.2) is 16.5 Å². The third-order valence-corrected chi connectivity index (χ3v) is 7.99. The lowest BCUT2D eigenvalue weighted by Gasteiger charge is -2.41. The molecular formula is C26H33ClF2N2O3. The van der Waals surface area contributed by atoms with Gasteiger partial charge in [0.15, 0.2) is 5.76 Å². The van der Waals surface area contributed by atoms with E-state index in [-0.39, 0.29) is 49.6 Å². The number of likely N-dealkylation sites (tertiary alicyclic amines) is 2. The first-order chi connectivity index (χ1) is 16.2. The minimum Gasteiger partial charge on any atom is -0.489 e. The molecule has 1 aromatic carbocycles. The first-order valence-electron chi connectivity index (χ1n) is 12.6. The molecule has 2 saturated heterocycles. The van der Waals surface area contributed by atoms with E-state index < -0.39 is 5.92 Å². The number of alkyl halides is 2. The zero-order valence-corrected chi connectivity index (χ0v) is 20.7. The van der Waals surface area contributed by atoms with Gasteiger partial charge in [0.1, 0.15) is 17.4 Å². The molecule has 0 radical (unpaired) electrons. The van der Waals surface area contributed by atoms with Crippen LogP contribution in [0, 0.1) is 0 Å². The summed E-state index contributed by atoms with van der Waals surface area (Å²) in [6.07, 6.45) is 5.35. The first-order valence-corrected chi connectivity index (χ1v) is 12.9. The van der Waals surface area contributed by atoms with Crippen LogP contribution in [-0.2, 0) is 0 Å². The van der Waals surface area contributed by atoms with Gasteiger partial charge in [-0.2, -0.15) is 0 Å². The number of hydrogen-bond donors (Lipinski definition) is 0. The number of furan rings is 1. The van der Waals surface area contributed by atoms with Gasteiger partial charge in [0.05, 0.1) is 5.02 Å². The molecule has 1 aliphatic carbocycles. The molecule has 0 atom stereocenters. The fourth-order valence-corrected chi connectivity index (χ4v) is 5.62. The van der Waals surface area contributed by atoms with Gasteiger partial charge in [0.2, 0.25) is 0 Å². The van der Waals surface area contributed by atoms with Crippen molar-refractivity contribution >= 4 is 28.5 Å². The summed E-state index contributed by atoms with van der Waals surface area (Å²) in [6.45, 7) is 6.10. The highest BCUT2D eigenvalue weighted by Gasteiger charge is 2.38. The van der Waals surface area contributed by atoms with Gasteiger partial charge >= 0.3 is 0 Å². The van der Waals surface area contributed by atoms with Gasteiger partial charge in [-0.25, -0.2) is 8.78 Å². The molecule has 3 aliphatic rings. The molecule has 0 N–H and O–H groups in total. The molecule has 1 saturated carbocycles. The topological polar surface area (TPSA) is 45.9 Å². The molecule has 34 heavy (non-hydrogen) atoms. The SMILES string of the molecule is CC(C)c1c(C(=O)N2CCC(F)(F)CC2)oc2cc(OC3CCN(C4CCC4)CC3)c(Cl)cc12. The van der Waals surface area contributed by atoms with Crippen LogP contribution in [0.4, 0.5) is 8.78 Å². The second-order valence-corrected chi connectivity index (χ2v) is 10.8. The van der Waals surface area contributed by atoms with Crippen LogP contribution >= 0.6 is 11.6 Å². The van der Waals surface area contributed by atoms with Crippen molar-refractivity contribution in [3.05, 3.63) is 28.5 Å². The Morgan fingerprint density at radius 2 is 1.79 bits per heavy atom. The maximum Gasteiger partial charge on any atom is 0.289 e. The van der Waals surface area contributed by atoms with Crippen molar-refractivity contribution in [1.82, 2.24) is 9.80 Å². The summed E-state index contributed by atoms with van der Waals surface area (Å²) < 4.78 is 39.5. The van der Waals surface area contributed by atoms with Crippen molar-refractivity contribution in [3.8, 4) is 5.75 Å². The van der Waals surface area contributed by atoms with Crippen LogP contribution < -0.4 is 4.74 Å². The van der Waals surface area contributed by atoms with Gasteiger partial charge in [0.25, 0.3) is 11.8 Å². The number of rotatable bonds is 5. The van der Waals surface area contributed by atoms with Crippen molar-refractivity contribution in [2.24, 2.45) is 0 Å². The molecule has 2 aromatic rings. The Labute approximate surface area is 204 Å². The van der Waals surface area contributed by atoms with Crippen LogP contribution in [0.5, 0.6) is 5.75 Å². The third kappa shape index (κ3) is 4.66. The standard InChI is InChI=1S/C26H33ClF2N2O3/c1-16(2)23-19-14-20(27)22(33-18-6-10-30(11-7-18)17-4-3-5-17)15-21(19)34-24(23)25(32)31-12-8-26(28,29)9-13-31/h14-18H,3-13H2,1-2H3. The fraction of sp³-hybridized carbons (Fsp3) is 0.654. The van der Waals surface area contributed by atoms with Crippen molar-refractivity contribution in [2.45, 2.75) is 82.8 Å². The summed E-state index contributed by atoms with van der Waals surface area (Å²) in [6, 6.07) is 4.35. The molecule has 8 heteroatoms. The van der Waals surface area contributed by atoms with E-state index in [1.807, 2.05) is 19.9 Å². The lowest BCUT2D eigenvalue weighted by molar-refractivity contribution is -0.0498. The molecular weight excluding hydrogens is 462 g/mol. The normalized spacial score (nSPS) is 22.4. The molecule has 1 aromatic heterocycles. The van der Waals surface area contributed by atoms with Crippen LogP contribution in [0.3, 0.4) is 0 Å². The molecule has 0 bridgehead atoms. The smallest absolute Gasteiger partial charge is 0.289 e. The van der Waals surface area contributed by atoms with Crippen LogP contribution in [0.1, 0.15) is 80.8 Å². The summed E-state index contributed by atoms with van der Waals surface area (Å²) in [5.41, 5.74) is 1.31. The Balaban J connectivity index is 1.36. The van der Waals surface area contributed by atoms with Gasteiger partial charge < -0.3 is 19.0 Å². The van der Waals surface area contributed by atoms with E-state index in [4.69, 9.17) is 20.8 Å². The predicted octanol–water partition coefficient (Wildman–Crippen LogP) is 6.48. The highest BCUT2D eigenvalue weighted by molar-refractivity contribution is 6.33. The molecule has 5 rings (SSSR count). The highest BCUT2D eigenvalue weighted by Crippen LogP contribution is 2.40. The van der Waals surface area contributed by atoms with Crippen LogP contribution in [0.25, 0.3) is 11.0 Å². The molecule has 5 nitrogen and oxygen atoms in total. The van der Waals surface area contributed by atoms with E-state index in [9.17, 15) is 13.6 Å². The average molecular weight is 495 g/mol. The number of nitrogens with zero attached hydrogens (tertiary/aromatic N) is 2. The minimum absolute atomic E-state index is 0.00472. The second kappa shape index (κ2) is 9.30. The first kappa shape index (κ1) is 23.9. The number of ether oxygens (including phenoxy) is 1. The Morgan fingerprint density at radius 3 is 2.38 bits per heavy atom. The van der Waals surface area contributed by atoms with Crippen LogP contribution in [0.2, 0.25) is 5.02 Å². The number of carbonyl (C=O) groups is 1. The zero-order chi connectivity index (χ0) is 24.0. The van der Waals surface area contributed by atoms with Crippen LogP contribution in [-0.4, -0.2) is 60.0 Å². The van der Waals surface area contributed by atoms with Gasteiger partial charge in [-0.1, -0.05) is 31.9 Å². The molecule has 2 aliphatic heterocycles. The summed E-state index contributed by atoms with van der Waals surface area (Å²) in [5, 5.41) is 1.27. The summed E-state index contributed by atoms with van der Waals surface area (Å²) in [5.74, 6) is -2.25. The van der Waals surface area contributed by atoms with Gasteiger partial charge in [-0.05, 0) is 37.7 Å². The van der Waals surface area contributed by atoms with E-state index in [2.05, 4.69) is 4.90 Å². The molecule has 0 spiro atoms. The molecule has 3 fully saturated rings. The number of piperidine rings is 2. The number of hydrogen-bond acceptors (Lipinski definition) is 4. The second-order valence-electron chi connectivity index (χ2n) is 10.4. The monoisotopic (exact) mass is 494 g/mol. The van der Waals surface area contributed by atoms with E-state index in [1.54, 1.807) is 6.07 Å². The molecule has 0 unspecified atom stereocenters. The summed E-state index contributed by atoms with van der Waals surface area (Å²) >= 11 is 6.62. The number of carbonyl (C=O) groups excluding carboxylic acids is 1. The number of fused-ring (bicyclic) bond motifs is 1. The third-order valence-electron chi connectivity index (χ3n) is 7.70. The van der Waals surface area contributed by atoms with Crippen molar-refractivity contribution < 1.29 is 22.7 Å². The zero-order valence-electron chi connectivity index (χ0n) is 19.9. The molecule has 3 heterocycles. The predicted molar refractivity (Wildman–Crippen MR) is 128 cm³/mol. The average Bonchev–Trinajstić information content (AvgIpc) is 3.12. The van der Waals surface area contributed by atoms with Crippen molar-refractivity contribution in [3.63, 3.8) is 0 Å². The van der Waals surface area contributed by atoms with E-state index in [1.165, 1.54) is 24.2 Å². The minimum atomic E-state index is -2.71. The van der Waals surface area contributed by atoms with E-state index in [0.29, 0.717) is 16.4 Å². The number of amides is 1. The summed E-state index contributed by atoms with van der Waals surface area (Å²) in [4.78, 5) is 17.3. The highest BCUT2D eigenvalue weighted by atomic mass is 35.5.